The molecule has 0 spiro atoms. The Morgan fingerprint density at radius 1 is 1.35 bits per heavy atom. The van der Waals surface area contributed by atoms with Gasteiger partial charge in [0.15, 0.2) is 0 Å². The maximum Gasteiger partial charge on any atom is 0.355 e. The van der Waals surface area contributed by atoms with Gasteiger partial charge < -0.3 is 9.30 Å². The van der Waals surface area contributed by atoms with Crippen LogP contribution in [0.3, 0.4) is 0 Å². The molecule has 0 fully saturated rings. The number of carbonyl (C=O) groups excluding carboxylic acids is 1. The quantitative estimate of drug-likeness (QED) is 0.692. The summed E-state index contributed by atoms with van der Waals surface area (Å²) in [6, 6.07) is 7.58. The van der Waals surface area contributed by atoms with Gasteiger partial charge in [-0.1, -0.05) is 6.07 Å². The average molecular weight is 304 g/mol. The van der Waals surface area contributed by atoms with Gasteiger partial charge in [-0.05, 0) is 23.6 Å². The Morgan fingerprint density at radius 3 is 2.95 bits per heavy atom. The summed E-state index contributed by atoms with van der Waals surface area (Å²) in [6.45, 7) is 0.200. The lowest BCUT2D eigenvalue weighted by atomic mass is 10.4. The number of ether oxygens (including phenoxy) is 1. The maximum atomic E-state index is 11.9. The highest BCUT2D eigenvalue weighted by Crippen LogP contribution is 2.27. The van der Waals surface area contributed by atoms with Gasteiger partial charge in [-0.15, -0.1) is 22.7 Å². The molecule has 3 rings (SSSR count). The van der Waals surface area contributed by atoms with Crippen LogP contribution in [0.4, 0.5) is 0 Å². The van der Waals surface area contributed by atoms with Gasteiger partial charge in [-0.3, -0.25) is 0 Å². The molecule has 4 nitrogen and oxygen atoms in total. The standard InChI is InChI=1S/C14H12N2O2S2/c1-16-6-2-4-11(16)14(17)18-8-10-9-20-13(15-10)12-5-3-7-19-12/h2-7,9H,8H2,1H3. The molecule has 0 saturated heterocycles. The van der Waals surface area contributed by atoms with Crippen LogP contribution in [0.5, 0.6) is 0 Å². The second kappa shape index (κ2) is 5.60. The molecule has 102 valence electrons. The minimum Gasteiger partial charge on any atom is -0.454 e. The molecule has 0 aromatic carbocycles. The molecule has 0 bridgehead atoms. The second-order valence-electron chi connectivity index (χ2n) is 4.20. The van der Waals surface area contributed by atoms with E-state index in [9.17, 15) is 4.79 Å². The van der Waals surface area contributed by atoms with Crippen molar-refractivity contribution in [3.8, 4) is 9.88 Å². The van der Waals surface area contributed by atoms with Crippen molar-refractivity contribution in [1.29, 1.82) is 0 Å². The predicted molar refractivity (Wildman–Crippen MR) is 80.0 cm³/mol. The van der Waals surface area contributed by atoms with E-state index in [2.05, 4.69) is 4.98 Å². The van der Waals surface area contributed by atoms with Gasteiger partial charge in [0.1, 0.15) is 17.3 Å². The van der Waals surface area contributed by atoms with Crippen molar-refractivity contribution in [1.82, 2.24) is 9.55 Å². The van der Waals surface area contributed by atoms with Crippen LogP contribution in [-0.2, 0) is 18.4 Å². The minimum atomic E-state index is -0.330. The SMILES string of the molecule is Cn1cccc1C(=O)OCc1csc(-c2cccs2)n1. The average Bonchev–Trinajstić information content (AvgIpc) is 3.16. The van der Waals surface area contributed by atoms with Crippen LogP contribution in [0.1, 0.15) is 16.2 Å². The highest BCUT2D eigenvalue weighted by Gasteiger charge is 2.12. The van der Waals surface area contributed by atoms with E-state index in [1.165, 1.54) is 0 Å². The van der Waals surface area contributed by atoms with Crippen molar-refractivity contribution in [2.45, 2.75) is 6.61 Å². The number of thiophene rings is 1. The third kappa shape index (κ3) is 2.66. The maximum absolute atomic E-state index is 11.9. The highest BCUT2D eigenvalue weighted by molar-refractivity contribution is 7.20. The van der Waals surface area contributed by atoms with Crippen LogP contribution in [0, 0.1) is 0 Å². The number of hydrogen-bond donors (Lipinski definition) is 0. The molecule has 0 unspecified atom stereocenters. The van der Waals surface area contributed by atoms with Crippen LogP contribution >= 0.6 is 22.7 Å². The molecule has 3 heterocycles. The molecule has 20 heavy (non-hydrogen) atoms. The Hall–Kier alpha value is -1.92. The van der Waals surface area contributed by atoms with Crippen LogP contribution in [-0.4, -0.2) is 15.5 Å². The normalized spacial score (nSPS) is 10.7. The van der Waals surface area contributed by atoms with Crippen LogP contribution in [0.15, 0.2) is 41.2 Å². The topological polar surface area (TPSA) is 44.1 Å². The fraction of sp³-hybridized carbons (Fsp3) is 0.143. The molecule has 0 aliphatic heterocycles. The first-order valence-corrected chi connectivity index (χ1v) is 7.77. The molecule has 0 amide bonds. The summed E-state index contributed by atoms with van der Waals surface area (Å²) in [5, 5.41) is 4.91. The number of nitrogens with zero attached hydrogens (tertiary/aromatic N) is 2. The largest absolute Gasteiger partial charge is 0.454 e. The summed E-state index contributed by atoms with van der Waals surface area (Å²) >= 11 is 3.21. The predicted octanol–water partition coefficient (Wildman–Crippen LogP) is 3.57. The van der Waals surface area contributed by atoms with Crippen molar-refractivity contribution in [3.05, 3.63) is 52.6 Å². The van der Waals surface area contributed by atoms with E-state index in [4.69, 9.17) is 4.74 Å². The van der Waals surface area contributed by atoms with E-state index < -0.39 is 0 Å². The lowest BCUT2D eigenvalue weighted by Gasteiger charge is -2.03. The zero-order valence-corrected chi connectivity index (χ0v) is 12.4. The van der Waals surface area contributed by atoms with Gasteiger partial charge in [0.05, 0.1) is 10.6 Å². The Labute approximate surface area is 124 Å². The Kier molecular flexibility index (Phi) is 3.66. The smallest absolute Gasteiger partial charge is 0.355 e. The minimum absolute atomic E-state index is 0.200. The van der Waals surface area contributed by atoms with Gasteiger partial charge in [0.2, 0.25) is 0 Å². The molecule has 0 aliphatic rings. The van der Waals surface area contributed by atoms with Crippen molar-refractivity contribution in [2.24, 2.45) is 7.05 Å². The molecular weight excluding hydrogens is 292 g/mol. The molecule has 0 atom stereocenters. The van der Waals surface area contributed by atoms with Gasteiger partial charge in [0, 0.05) is 18.6 Å². The number of rotatable bonds is 4. The molecule has 3 aromatic heterocycles. The number of aromatic nitrogens is 2. The van der Waals surface area contributed by atoms with Gasteiger partial charge in [0.25, 0.3) is 0 Å². The number of thiazole rings is 1. The van der Waals surface area contributed by atoms with Gasteiger partial charge in [-0.2, -0.15) is 0 Å². The fourth-order valence-corrected chi connectivity index (χ4v) is 3.39. The van der Waals surface area contributed by atoms with Crippen molar-refractivity contribution >= 4 is 28.6 Å². The first kappa shape index (κ1) is 13.1. The highest BCUT2D eigenvalue weighted by atomic mass is 32.1. The van der Waals surface area contributed by atoms with E-state index >= 15 is 0 Å². The number of hydrogen-bond acceptors (Lipinski definition) is 5. The lowest BCUT2D eigenvalue weighted by molar-refractivity contribution is 0.0457. The lowest BCUT2D eigenvalue weighted by Crippen LogP contribution is -2.09. The van der Waals surface area contributed by atoms with Crippen LogP contribution in [0.2, 0.25) is 0 Å². The molecule has 0 aliphatic carbocycles. The summed E-state index contributed by atoms with van der Waals surface area (Å²) < 4.78 is 7.01. The third-order valence-electron chi connectivity index (χ3n) is 2.79. The zero-order valence-electron chi connectivity index (χ0n) is 10.8. The molecule has 0 N–H and O–H groups in total. The van der Waals surface area contributed by atoms with E-state index in [0.29, 0.717) is 5.69 Å². The van der Waals surface area contributed by atoms with E-state index in [1.807, 2.05) is 42.2 Å². The molecule has 0 radical (unpaired) electrons. The van der Waals surface area contributed by atoms with Crippen LogP contribution < -0.4 is 0 Å². The monoisotopic (exact) mass is 304 g/mol. The number of esters is 1. The second-order valence-corrected chi connectivity index (χ2v) is 6.01. The molecule has 3 aromatic rings. The van der Waals surface area contributed by atoms with Crippen molar-refractivity contribution in [3.63, 3.8) is 0 Å². The van der Waals surface area contributed by atoms with Crippen molar-refractivity contribution < 1.29 is 9.53 Å². The first-order chi connectivity index (χ1) is 9.74. The summed E-state index contributed by atoms with van der Waals surface area (Å²) in [7, 11) is 1.81. The van der Waals surface area contributed by atoms with E-state index in [1.54, 1.807) is 33.3 Å². The Morgan fingerprint density at radius 2 is 2.25 bits per heavy atom. The summed E-state index contributed by atoms with van der Waals surface area (Å²) in [4.78, 5) is 17.5. The summed E-state index contributed by atoms with van der Waals surface area (Å²) in [5.74, 6) is -0.330. The Bertz CT molecular complexity index is 713. The van der Waals surface area contributed by atoms with Gasteiger partial charge in [-0.25, -0.2) is 9.78 Å². The number of aryl methyl sites for hydroxylation is 1. The number of carbonyl (C=O) groups is 1. The fourth-order valence-electron chi connectivity index (χ4n) is 1.77. The first-order valence-electron chi connectivity index (χ1n) is 6.01. The molecule has 6 heteroatoms. The summed E-state index contributed by atoms with van der Waals surface area (Å²) in [6.07, 6.45) is 1.81. The molecule has 0 saturated carbocycles. The van der Waals surface area contributed by atoms with Crippen LogP contribution in [0.25, 0.3) is 9.88 Å². The Balaban J connectivity index is 1.65. The van der Waals surface area contributed by atoms with Crippen molar-refractivity contribution in [2.75, 3.05) is 0 Å². The summed E-state index contributed by atoms with van der Waals surface area (Å²) in [5.41, 5.74) is 1.32. The van der Waals surface area contributed by atoms with Gasteiger partial charge >= 0.3 is 5.97 Å². The third-order valence-corrected chi connectivity index (χ3v) is 4.72. The zero-order chi connectivity index (χ0) is 13.9. The van der Waals surface area contributed by atoms with E-state index in [-0.39, 0.29) is 12.6 Å². The molecular formula is C14H12N2O2S2. The van der Waals surface area contributed by atoms with E-state index in [0.717, 1.165) is 15.6 Å².